The van der Waals surface area contributed by atoms with Crippen molar-refractivity contribution in [1.29, 1.82) is 0 Å². The molecule has 0 fully saturated rings. The lowest BCUT2D eigenvalue weighted by molar-refractivity contribution is 0.102. The van der Waals surface area contributed by atoms with Crippen molar-refractivity contribution in [3.63, 3.8) is 0 Å². The van der Waals surface area contributed by atoms with Gasteiger partial charge in [-0.2, -0.15) is 0 Å². The maximum atomic E-state index is 12.5. The van der Waals surface area contributed by atoms with Gasteiger partial charge in [0, 0.05) is 5.69 Å². The fourth-order valence-corrected chi connectivity index (χ4v) is 2.38. The van der Waals surface area contributed by atoms with Gasteiger partial charge in [0.25, 0.3) is 5.91 Å². The first-order valence-corrected chi connectivity index (χ1v) is 8.35. The van der Waals surface area contributed by atoms with Crippen LogP contribution in [0.5, 0.6) is 5.75 Å². The van der Waals surface area contributed by atoms with Crippen LogP contribution < -0.4 is 10.1 Å². The highest BCUT2D eigenvalue weighted by atomic mass is 35.5. The van der Waals surface area contributed by atoms with Gasteiger partial charge >= 0.3 is 0 Å². The Bertz CT molecular complexity index is 674. The third-order valence-corrected chi connectivity index (χ3v) is 4.05. The van der Waals surface area contributed by atoms with Crippen molar-refractivity contribution in [3.8, 4) is 5.75 Å². The third kappa shape index (κ3) is 5.15. The number of amides is 1. The van der Waals surface area contributed by atoms with Crippen molar-refractivity contribution >= 4 is 34.8 Å². The lowest BCUT2D eigenvalue weighted by Crippen LogP contribution is -2.14. The van der Waals surface area contributed by atoms with Crippen molar-refractivity contribution in [1.82, 2.24) is 0 Å². The van der Waals surface area contributed by atoms with E-state index in [-0.39, 0.29) is 5.91 Å². The SMILES string of the molecule is CCCCCOc1ccccc1C(=O)Nc1ccc(Cl)c(Cl)c1. The summed E-state index contributed by atoms with van der Waals surface area (Å²) in [5.74, 6) is 0.343. The number of carbonyl (C=O) groups is 1. The minimum atomic E-state index is -0.241. The number of anilines is 1. The Balaban J connectivity index is 2.07. The van der Waals surface area contributed by atoms with Gasteiger partial charge in [-0.3, -0.25) is 4.79 Å². The molecule has 0 unspecified atom stereocenters. The van der Waals surface area contributed by atoms with Gasteiger partial charge in [0.05, 0.1) is 22.2 Å². The number of rotatable bonds is 7. The molecule has 2 rings (SSSR count). The molecule has 23 heavy (non-hydrogen) atoms. The second kappa shape index (κ2) is 8.80. The van der Waals surface area contributed by atoms with E-state index >= 15 is 0 Å². The smallest absolute Gasteiger partial charge is 0.259 e. The summed E-state index contributed by atoms with van der Waals surface area (Å²) >= 11 is 11.8. The van der Waals surface area contributed by atoms with Gasteiger partial charge in [-0.05, 0) is 36.8 Å². The molecule has 1 N–H and O–H groups in total. The summed E-state index contributed by atoms with van der Waals surface area (Å²) in [6.45, 7) is 2.74. The molecule has 0 saturated heterocycles. The number of hydrogen-bond acceptors (Lipinski definition) is 2. The Morgan fingerprint density at radius 1 is 1.09 bits per heavy atom. The van der Waals surface area contributed by atoms with Crippen LogP contribution in [0.1, 0.15) is 36.5 Å². The zero-order chi connectivity index (χ0) is 16.7. The van der Waals surface area contributed by atoms with Gasteiger partial charge in [-0.1, -0.05) is 55.1 Å². The predicted octanol–water partition coefficient (Wildman–Crippen LogP) is 5.81. The molecule has 1 amide bonds. The lowest BCUT2D eigenvalue weighted by Gasteiger charge is -2.12. The zero-order valence-electron chi connectivity index (χ0n) is 12.9. The molecule has 0 atom stereocenters. The quantitative estimate of drug-likeness (QED) is 0.638. The summed E-state index contributed by atoms with van der Waals surface area (Å²) in [5, 5.41) is 3.65. The molecule has 0 saturated carbocycles. The second-order valence-electron chi connectivity index (χ2n) is 5.13. The number of hydrogen-bond donors (Lipinski definition) is 1. The molecule has 0 radical (unpaired) electrons. The highest BCUT2D eigenvalue weighted by molar-refractivity contribution is 6.42. The van der Waals surface area contributed by atoms with E-state index in [4.69, 9.17) is 27.9 Å². The monoisotopic (exact) mass is 351 g/mol. The number of carbonyl (C=O) groups excluding carboxylic acids is 1. The van der Waals surface area contributed by atoms with Crippen LogP contribution >= 0.6 is 23.2 Å². The van der Waals surface area contributed by atoms with Crippen LogP contribution in [0.2, 0.25) is 10.0 Å². The minimum Gasteiger partial charge on any atom is -0.493 e. The Kier molecular flexibility index (Phi) is 6.75. The molecule has 122 valence electrons. The number of unbranched alkanes of at least 4 members (excludes halogenated alkanes) is 2. The molecule has 5 heteroatoms. The van der Waals surface area contributed by atoms with Crippen LogP contribution in [0.4, 0.5) is 5.69 Å². The molecular formula is C18H19Cl2NO2. The topological polar surface area (TPSA) is 38.3 Å². The molecule has 0 aliphatic heterocycles. The summed E-state index contributed by atoms with van der Waals surface area (Å²) < 4.78 is 5.73. The van der Waals surface area contributed by atoms with Crippen molar-refractivity contribution in [2.75, 3.05) is 11.9 Å². The van der Waals surface area contributed by atoms with Crippen LogP contribution in [-0.2, 0) is 0 Å². The van der Waals surface area contributed by atoms with Gasteiger partial charge in [0.15, 0.2) is 0 Å². The van der Waals surface area contributed by atoms with Crippen molar-refractivity contribution < 1.29 is 9.53 Å². The number of halogens is 2. The van der Waals surface area contributed by atoms with Crippen LogP contribution in [0.15, 0.2) is 42.5 Å². The van der Waals surface area contributed by atoms with Crippen LogP contribution in [0.3, 0.4) is 0 Å². The van der Waals surface area contributed by atoms with E-state index in [9.17, 15) is 4.79 Å². The summed E-state index contributed by atoms with van der Waals surface area (Å²) in [6.07, 6.45) is 3.21. The van der Waals surface area contributed by atoms with E-state index in [0.717, 1.165) is 19.3 Å². The molecule has 0 heterocycles. The summed E-state index contributed by atoms with van der Waals surface area (Å²) in [5.41, 5.74) is 1.08. The van der Waals surface area contributed by atoms with Crippen LogP contribution in [0.25, 0.3) is 0 Å². The molecule has 2 aromatic carbocycles. The first kappa shape index (κ1) is 17.6. The molecule has 2 aromatic rings. The average molecular weight is 352 g/mol. The predicted molar refractivity (Wildman–Crippen MR) is 95.9 cm³/mol. The maximum absolute atomic E-state index is 12.5. The highest BCUT2D eigenvalue weighted by Gasteiger charge is 2.13. The standard InChI is InChI=1S/C18H19Cl2NO2/c1-2-3-6-11-23-17-8-5-4-7-14(17)18(22)21-13-9-10-15(19)16(20)12-13/h4-5,7-10,12H,2-3,6,11H2,1H3,(H,21,22). The Labute approximate surface area is 146 Å². The van der Waals surface area contributed by atoms with E-state index < -0.39 is 0 Å². The Morgan fingerprint density at radius 3 is 2.61 bits per heavy atom. The van der Waals surface area contributed by atoms with E-state index in [0.29, 0.717) is 33.7 Å². The zero-order valence-corrected chi connectivity index (χ0v) is 14.5. The molecule has 3 nitrogen and oxygen atoms in total. The molecular weight excluding hydrogens is 333 g/mol. The van der Waals surface area contributed by atoms with Gasteiger partial charge in [-0.15, -0.1) is 0 Å². The largest absolute Gasteiger partial charge is 0.493 e. The summed E-state index contributed by atoms with van der Waals surface area (Å²) in [6, 6.07) is 12.2. The molecule has 0 aliphatic carbocycles. The van der Waals surface area contributed by atoms with Gasteiger partial charge in [0.1, 0.15) is 5.75 Å². The maximum Gasteiger partial charge on any atom is 0.259 e. The normalized spacial score (nSPS) is 10.4. The van der Waals surface area contributed by atoms with E-state index in [1.54, 1.807) is 30.3 Å². The second-order valence-corrected chi connectivity index (χ2v) is 5.95. The minimum absolute atomic E-state index is 0.241. The molecule has 0 spiro atoms. The number of nitrogens with one attached hydrogen (secondary N) is 1. The number of para-hydroxylation sites is 1. The summed E-state index contributed by atoms with van der Waals surface area (Å²) in [7, 11) is 0. The average Bonchev–Trinajstić information content (AvgIpc) is 2.55. The fraction of sp³-hybridized carbons (Fsp3) is 0.278. The first-order chi connectivity index (χ1) is 11.1. The number of ether oxygens (including phenoxy) is 1. The molecule has 0 aliphatic rings. The van der Waals surface area contributed by atoms with Crippen LogP contribution in [-0.4, -0.2) is 12.5 Å². The molecule has 0 bridgehead atoms. The van der Waals surface area contributed by atoms with Crippen molar-refractivity contribution in [2.45, 2.75) is 26.2 Å². The fourth-order valence-electron chi connectivity index (χ4n) is 2.09. The third-order valence-electron chi connectivity index (χ3n) is 3.31. The first-order valence-electron chi connectivity index (χ1n) is 7.60. The highest BCUT2D eigenvalue weighted by Crippen LogP contribution is 2.26. The molecule has 0 aromatic heterocycles. The lowest BCUT2D eigenvalue weighted by atomic mass is 10.2. The van der Waals surface area contributed by atoms with Gasteiger partial charge in [-0.25, -0.2) is 0 Å². The summed E-state index contributed by atoms with van der Waals surface area (Å²) in [4.78, 5) is 12.5. The van der Waals surface area contributed by atoms with Crippen LogP contribution in [0, 0.1) is 0 Å². The van der Waals surface area contributed by atoms with Gasteiger partial charge in [0.2, 0.25) is 0 Å². The van der Waals surface area contributed by atoms with E-state index in [2.05, 4.69) is 12.2 Å². The Morgan fingerprint density at radius 2 is 1.87 bits per heavy atom. The van der Waals surface area contributed by atoms with E-state index in [1.807, 2.05) is 12.1 Å². The van der Waals surface area contributed by atoms with Gasteiger partial charge < -0.3 is 10.1 Å². The van der Waals surface area contributed by atoms with Crippen molar-refractivity contribution in [3.05, 3.63) is 58.1 Å². The van der Waals surface area contributed by atoms with E-state index in [1.165, 1.54) is 0 Å². The Hall–Kier alpha value is -1.71. The number of benzene rings is 2. The van der Waals surface area contributed by atoms with Crippen molar-refractivity contribution in [2.24, 2.45) is 0 Å².